The fraction of sp³-hybridized carbons (Fsp3) is 0.276. The lowest BCUT2D eigenvalue weighted by Gasteiger charge is -2.25. The SMILES string of the molecule is CC(C)(C)OC(=O)N[C@@H](Cc1ccccc1)C(=O)N[C@H](Sc1ccccc1)C(=O)NCc1ccccc1. The van der Waals surface area contributed by atoms with Crippen LogP contribution in [0.15, 0.2) is 95.9 Å². The number of thioether (sulfide) groups is 1. The minimum atomic E-state index is -0.946. The van der Waals surface area contributed by atoms with Crippen molar-refractivity contribution in [2.24, 2.45) is 0 Å². The quantitative estimate of drug-likeness (QED) is 0.267. The highest BCUT2D eigenvalue weighted by atomic mass is 32.2. The first-order valence-electron chi connectivity index (χ1n) is 12.1. The summed E-state index contributed by atoms with van der Waals surface area (Å²) in [5, 5.41) is 7.48. The molecule has 0 saturated carbocycles. The Balaban J connectivity index is 1.77. The van der Waals surface area contributed by atoms with E-state index in [1.165, 1.54) is 11.8 Å². The Labute approximate surface area is 222 Å². The van der Waals surface area contributed by atoms with Crippen molar-refractivity contribution in [3.63, 3.8) is 0 Å². The molecule has 194 valence electrons. The second-order valence-electron chi connectivity index (χ2n) is 9.41. The van der Waals surface area contributed by atoms with Crippen LogP contribution in [0.2, 0.25) is 0 Å². The Morgan fingerprint density at radius 3 is 1.86 bits per heavy atom. The molecule has 0 aliphatic rings. The van der Waals surface area contributed by atoms with Crippen LogP contribution in [0.25, 0.3) is 0 Å². The third kappa shape index (κ3) is 10.0. The molecule has 0 fully saturated rings. The van der Waals surface area contributed by atoms with Gasteiger partial charge in [0.05, 0.1) is 0 Å². The zero-order valence-corrected chi connectivity index (χ0v) is 22.1. The topological polar surface area (TPSA) is 96.5 Å². The molecule has 0 aliphatic heterocycles. The van der Waals surface area contributed by atoms with Gasteiger partial charge < -0.3 is 20.7 Å². The van der Waals surface area contributed by atoms with Crippen LogP contribution in [0.3, 0.4) is 0 Å². The van der Waals surface area contributed by atoms with Crippen LogP contribution in [0.4, 0.5) is 4.79 Å². The van der Waals surface area contributed by atoms with Crippen molar-refractivity contribution < 1.29 is 19.1 Å². The number of carbonyl (C=O) groups is 3. The highest BCUT2D eigenvalue weighted by Gasteiger charge is 2.29. The Morgan fingerprint density at radius 1 is 0.757 bits per heavy atom. The van der Waals surface area contributed by atoms with Gasteiger partial charge >= 0.3 is 6.09 Å². The Bertz CT molecular complexity index is 1150. The molecule has 2 atom stereocenters. The van der Waals surface area contributed by atoms with Gasteiger partial charge in [-0.05, 0) is 44.0 Å². The van der Waals surface area contributed by atoms with Gasteiger partial charge in [0.25, 0.3) is 5.91 Å². The van der Waals surface area contributed by atoms with Gasteiger partial charge in [0.2, 0.25) is 5.91 Å². The normalized spacial score (nSPS) is 12.6. The smallest absolute Gasteiger partial charge is 0.408 e. The lowest BCUT2D eigenvalue weighted by molar-refractivity contribution is -0.128. The van der Waals surface area contributed by atoms with E-state index in [2.05, 4.69) is 16.0 Å². The number of amides is 3. The zero-order valence-electron chi connectivity index (χ0n) is 21.3. The molecule has 37 heavy (non-hydrogen) atoms. The van der Waals surface area contributed by atoms with Gasteiger partial charge in [0, 0.05) is 17.9 Å². The predicted molar refractivity (Wildman–Crippen MR) is 146 cm³/mol. The maximum absolute atomic E-state index is 13.5. The molecular weight excluding hydrogens is 486 g/mol. The predicted octanol–water partition coefficient (Wildman–Crippen LogP) is 4.67. The van der Waals surface area contributed by atoms with E-state index in [1.54, 1.807) is 20.8 Å². The lowest BCUT2D eigenvalue weighted by atomic mass is 10.1. The Hall–Kier alpha value is -3.78. The monoisotopic (exact) mass is 519 g/mol. The number of benzene rings is 3. The molecule has 0 aromatic heterocycles. The average molecular weight is 520 g/mol. The largest absolute Gasteiger partial charge is 0.444 e. The number of rotatable bonds is 10. The third-order valence-electron chi connectivity index (χ3n) is 5.11. The van der Waals surface area contributed by atoms with Gasteiger partial charge in [-0.1, -0.05) is 90.6 Å². The van der Waals surface area contributed by atoms with Crippen LogP contribution in [0, 0.1) is 0 Å². The van der Waals surface area contributed by atoms with Crippen molar-refractivity contribution in [1.29, 1.82) is 0 Å². The average Bonchev–Trinajstić information content (AvgIpc) is 2.87. The van der Waals surface area contributed by atoms with E-state index in [0.29, 0.717) is 6.54 Å². The molecule has 7 nitrogen and oxygen atoms in total. The molecular formula is C29H33N3O4S. The maximum Gasteiger partial charge on any atom is 0.408 e. The van der Waals surface area contributed by atoms with Gasteiger partial charge in [-0.2, -0.15) is 0 Å². The van der Waals surface area contributed by atoms with Crippen molar-refractivity contribution in [2.75, 3.05) is 0 Å². The number of nitrogens with one attached hydrogen (secondary N) is 3. The maximum atomic E-state index is 13.5. The summed E-state index contributed by atoms with van der Waals surface area (Å²) in [6.45, 7) is 5.58. The number of alkyl carbamates (subject to hydrolysis) is 1. The van der Waals surface area contributed by atoms with E-state index in [0.717, 1.165) is 16.0 Å². The van der Waals surface area contributed by atoms with Crippen LogP contribution < -0.4 is 16.0 Å². The second-order valence-corrected chi connectivity index (χ2v) is 10.6. The van der Waals surface area contributed by atoms with Crippen molar-refractivity contribution in [1.82, 2.24) is 16.0 Å². The molecule has 3 N–H and O–H groups in total. The van der Waals surface area contributed by atoms with Crippen molar-refractivity contribution in [2.45, 2.75) is 55.6 Å². The van der Waals surface area contributed by atoms with Gasteiger partial charge in [-0.15, -0.1) is 0 Å². The summed E-state index contributed by atoms with van der Waals surface area (Å²) in [5.74, 6) is -0.834. The summed E-state index contributed by atoms with van der Waals surface area (Å²) in [6, 6.07) is 27.3. The first-order valence-corrected chi connectivity index (χ1v) is 12.9. The number of hydrogen-bond acceptors (Lipinski definition) is 5. The fourth-order valence-corrected chi connectivity index (χ4v) is 4.35. The van der Waals surface area contributed by atoms with E-state index >= 15 is 0 Å². The highest BCUT2D eigenvalue weighted by Crippen LogP contribution is 2.22. The molecule has 0 unspecified atom stereocenters. The molecule has 3 amide bonds. The van der Waals surface area contributed by atoms with Crippen molar-refractivity contribution in [3.05, 3.63) is 102 Å². The molecule has 0 spiro atoms. The van der Waals surface area contributed by atoms with E-state index < -0.39 is 29.0 Å². The molecule has 0 saturated heterocycles. The Morgan fingerprint density at radius 2 is 1.30 bits per heavy atom. The van der Waals surface area contributed by atoms with E-state index in [4.69, 9.17) is 4.74 Å². The van der Waals surface area contributed by atoms with Crippen molar-refractivity contribution >= 4 is 29.7 Å². The number of ether oxygens (including phenoxy) is 1. The van der Waals surface area contributed by atoms with E-state index in [1.807, 2.05) is 91.0 Å². The summed E-state index contributed by atoms with van der Waals surface area (Å²) < 4.78 is 5.38. The van der Waals surface area contributed by atoms with E-state index in [-0.39, 0.29) is 12.3 Å². The highest BCUT2D eigenvalue weighted by molar-refractivity contribution is 8.00. The minimum absolute atomic E-state index is 0.236. The molecule has 0 aliphatic carbocycles. The van der Waals surface area contributed by atoms with Gasteiger partial charge in [0.1, 0.15) is 11.6 Å². The summed E-state index contributed by atoms with van der Waals surface area (Å²) >= 11 is 1.22. The molecule has 0 radical (unpaired) electrons. The molecule has 0 heterocycles. The first kappa shape index (κ1) is 27.8. The van der Waals surface area contributed by atoms with E-state index in [9.17, 15) is 14.4 Å². The van der Waals surface area contributed by atoms with Gasteiger partial charge in [-0.3, -0.25) is 9.59 Å². The summed E-state index contributed by atoms with van der Waals surface area (Å²) in [7, 11) is 0. The molecule has 3 aromatic carbocycles. The number of hydrogen-bond donors (Lipinski definition) is 3. The lowest BCUT2D eigenvalue weighted by Crippen LogP contribution is -2.53. The van der Waals surface area contributed by atoms with Crippen LogP contribution in [-0.2, 0) is 27.3 Å². The number of carbonyl (C=O) groups excluding carboxylic acids is 3. The van der Waals surface area contributed by atoms with Crippen LogP contribution in [-0.4, -0.2) is 34.9 Å². The van der Waals surface area contributed by atoms with Crippen LogP contribution >= 0.6 is 11.8 Å². The van der Waals surface area contributed by atoms with Crippen LogP contribution in [0.5, 0.6) is 0 Å². The summed E-state index contributed by atoms with van der Waals surface area (Å²) in [6.07, 6.45) is -0.468. The Kier molecular flexibility index (Phi) is 10.1. The van der Waals surface area contributed by atoms with Gasteiger partial charge in [0.15, 0.2) is 5.37 Å². The second kappa shape index (κ2) is 13.5. The molecule has 0 bridgehead atoms. The molecule has 3 rings (SSSR count). The minimum Gasteiger partial charge on any atom is -0.444 e. The van der Waals surface area contributed by atoms with Crippen molar-refractivity contribution in [3.8, 4) is 0 Å². The standard InChI is InChI=1S/C29H33N3O4S/c1-29(2,3)36-28(35)31-24(19-21-13-7-4-8-14-21)25(33)32-27(37-23-17-11-6-12-18-23)26(34)30-20-22-15-9-5-10-16-22/h4-18,24,27H,19-20H2,1-3H3,(H,30,34)(H,31,35)(H,32,33)/t24-,27+/m0/s1. The molecule has 3 aromatic rings. The molecule has 8 heteroatoms. The summed E-state index contributed by atoms with van der Waals surface area (Å²) in [4.78, 5) is 40.0. The van der Waals surface area contributed by atoms with Crippen LogP contribution in [0.1, 0.15) is 31.9 Å². The fourth-order valence-electron chi connectivity index (χ4n) is 3.40. The summed E-state index contributed by atoms with van der Waals surface area (Å²) in [5.41, 5.74) is 1.08. The zero-order chi connectivity index (χ0) is 26.7. The first-order chi connectivity index (χ1) is 17.7. The van der Waals surface area contributed by atoms with Gasteiger partial charge in [-0.25, -0.2) is 4.79 Å². The third-order valence-corrected chi connectivity index (χ3v) is 6.22.